The predicted molar refractivity (Wildman–Crippen MR) is 91.3 cm³/mol. The van der Waals surface area contributed by atoms with E-state index < -0.39 is 0 Å². The number of fused-ring (bicyclic) bond motifs is 1. The molecule has 24 heavy (non-hydrogen) atoms. The molecule has 124 valence electrons. The number of anilines is 1. The van der Waals surface area contributed by atoms with E-state index >= 15 is 0 Å². The van der Waals surface area contributed by atoms with Gasteiger partial charge in [0.2, 0.25) is 0 Å². The fourth-order valence-corrected chi connectivity index (χ4v) is 3.11. The maximum Gasteiger partial charge on any atom is 0.351 e. The van der Waals surface area contributed by atoms with E-state index in [0.29, 0.717) is 18.1 Å². The van der Waals surface area contributed by atoms with Crippen molar-refractivity contribution in [3.63, 3.8) is 0 Å². The molecule has 1 N–H and O–H groups in total. The zero-order valence-corrected chi connectivity index (χ0v) is 13.2. The van der Waals surface area contributed by atoms with Crippen molar-refractivity contribution in [2.75, 3.05) is 31.1 Å². The van der Waals surface area contributed by atoms with Crippen LogP contribution in [-0.2, 0) is 6.67 Å². The van der Waals surface area contributed by atoms with Gasteiger partial charge in [-0.15, -0.1) is 5.10 Å². The van der Waals surface area contributed by atoms with Crippen LogP contribution < -0.4 is 10.6 Å². The van der Waals surface area contributed by atoms with Crippen LogP contribution in [0.15, 0.2) is 53.5 Å². The van der Waals surface area contributed by atoms with Crippen molar-refractivity contribution in [2.45, 2.75) is 6.67 Å². The predicted octanol–water partition coefficient (Wildman–Crippen LogP) is 0.981. The van der Waals surface area contributed by atoms with Gasteiger partial charge in [-0.2, -0.15) is 4.68 Å². The third-order valence-electron chi connectivity index (χ3n) is 4.42. The molecular weight excluding hydrogens is 306 g/mol. The van der Waals surface area contributed by atoms with Crippen molar-refractivity contribution in [2.24, 2.45) is 0 Å². The van der Waals surface area contributed by atoms with Crippen LogP contribution in [0.1, 0.15) is 0 Å². The van der Waals surface area contributed by atoms with Crippen molar-refractivity contribution in [1.29, 1.82) is 0 Å². The lowest BCUT2D eigenvalue weighted by atomic mass is 10.2. The molecule has 1 saturated heterocycles. The van der Waals surface area contributed by atoms with Gasteiger partial charge in [0.15, 0.2) is 5.65 Å². The average Bonchev–Trinajstić information content (AvgIpc) is 2.93. The summed E-state index contributed by atoms with van der Waals surface area (Å²) in [6.07, 6.45) is 1.73. The summed E-state index contributed by atoms with van der Waals surface area (Å²) in [7, 11) is 0. The Hall–Kier alpha value is -2.80. The Bertz CT molecular complexity index is 908. The van der Waals surface area contributed by atoms with Crippen molar-refractivity contribution in [1.82, 2.24) is 19.1 Å². The zero-order valence-electron chi connectivity index (χ0n) is 13.2. The zero-order chi connectivity index (χ0) is 16.5. The van der Waals surface area contributed by atoms with Gasteiger partial charge < -0.3 is 10.0 Å². The highest BCUT2D eigenvalue weighted by molar-refractivity contribution is 5.57. The number of pyridine rings is 1. The second kappa shape index (κ2) is 6.01. The molecule has 7 heteroatoms. The van der Waals surface area contributed by atoms with Crippen LogP contribution in [0.3, 0.4) is 0 Å². The van der Waals surface area contributed by atoms with Gasteiger partial charge in [0, 0.05) is 32.4 Å². The molecule has 0 spiro atoms. The maximum atomic E-state index is 12.3. The number of rotatable bonds is 3. The summed E-state index contributed by atoms with van der Waals surface area (Å²) >= 11 is 0. The van der Waals surface area contributed by atoms with E-state index in [9.17, 15) is 9.90 Å². The molecule has 0 aliphatic carbocycles. The number of benzene rings is 1. The van der Waals surface area contributed by atoms with Gasteiger partial charge in [-0.3, -0.25) is 9.30 Å². The molecule has 1 aliphatic heterocycles. The first kappa shape index (κ1) is 14.8. The lowest BCUT2D eigenvalue weighted by molar-refractivity contribution is 0.192. The smallest absolute Gasteiger partial charge is 0.351 e. The van der Waals surface area contributed by atoms with E-state index in [2.05, 4.69) is 14.9 Å². The number of phenols is 1. The molecule has 2 aromatic heterocycles. The quantitative estimate of drug-likeness (QED) is 0.778. The molecule has 0 atom stereocenters. The molecule has 3 aromatic rings. The van der Waals surface area contributed by atoms with Crippen molar-refractivity contribution < 1.29 is 5.11 Å². The van der Waals surface area contributed by atoms with Gasteiger partial charge in [0.1, 0.15) is 5.75 Å². The summed E-state index contributed by atoms with van der Waals surface area (Å²) in [4.78, 5) is 16.7. The number of nitrogens with zero attached hydrogens (tertiary/aromatic N) is 5. The Morgan fingerprint density at radius 1 is 1.00 bits per heavy atom. The second-order valence-corrected chi connectivity index (χ2v) is 5.95. The number of para-hydroxylation sites is 2. The number of aromatic nitrogens is 3. The summed E-state index contributed by atoms with van der Waals surface area (Å²) in [6.45, 7) is 3.72. The molecule has 4 rings (SSSR count). The van der Waals surface area contributed by atoms with Crippen LogP contribution in [0.4, 0.5) is 5.69 Å². The first-order valence-corrected chi connectivity index (χ1v) is 8.02. The maximum absolute atomic E-state index is 12.3. The normalized spacial score (nSPS) is 15.9. The van der Waals surface area contributed by atoms with Crippen LogP contribution in [0.25, 0.3) is 5.65 Å². The van der Waals surface area contributed by atoms with E-state index in [4.69, 9.17) is 0 Å². The van der Waals surface area contributed by atoms with Crippen LogP contribution in [0.5, 0.6) is 5.75 Å². The minimum Gasteiger partial charge on any atom is -0.506 e. The Labute approximate surface area is 139 Å². The fourth-order valence-electron chi connectivity index (χ4n) is 3.11. The largest absolute Gasteiger partial charge is 0.506 e. The molecular formula is C17H19N5O2. The summed E-state index contributed by atoms with van der Waals surface area (Å²) in [6, 6.07) is 12.9. The van der Waals surface area contributed by atoms with Gasteiger partial charge >= 0.3 is 5.69 Å². The Kier molecular flexibility index (Phi) is 3.70. The third kappa shape index (κ3) is 2.63. The van der Waals surface area contributed by atoms with Crippen LogP contribution in [0, 0.1) is 0 Å². The van der Waals surface area contributed by atoms with Crippen LogP contribution >= 0.6 is 0 Å². The number of hydrogen-bond acceptors (Lipinski definition) is 5. The lowest BCUT2D eigenvalue weighted by Crippen LogP contribution is -2.47. The first-order valence-electron chi connectivity index (χ1n) is 8.02. The minimum atomic E-state index is -0.117. The topological polar surface area (TPSA) is 66.0 Å². The van der Waals surface area contributed by atoms with Gasteiger partial charge in [-0.25, -0.2) is 4.79 Å². The molecule has 1 fully saturated rings. The van der Waals surface area contributed by atoms with Gasteiger partial charge in [-0.1, -0.05) is 18.2 Å². The Morgan fingerprint density at radius 2 is 1.75 bits per heavy atom. The highest BCUT2D eigenvalue weighted by Crippen LogP contribution is 2.27. The fraction of sp³-hybridized carbons (Fsp3) is 0.294. The van der Waals surface area contributed by atoms with E-state index in [1.807, 2.05) is 36.4 Å². The van der Waals surface area contributed by atoms with E-state index in [1.165, 1.54) is 4.68 Å². The molecule has 0 bridgehead atoms. The standard InChI is InChI=1S/C17H19N5O2/c23-15-6-2-1-5-14(15)20-11-9-19(10-12-20)13-22-17(24)21-8-4-3-7-16(21)18-22/h1-8,23H,9-13H2. The average molecular weight is 325 g/mol. The highest BCUT2D eigenvalue weighted by atomic mass is 16.3. The molecule has 7 nitrogen and oxygen atoms in total. The number of hydrogen-bond donors (Lipinski definition) is 1. The molecule has 0 unspecified atom stereocenters. The van der Waals surface area contributed by atoms with Crippen molar-refractivity contribution in [3.05, 3.63) is 59.1 Å². The first-order chi connectivity index (χ1) is 11.7. The van der Waals surface area contributed by atoms with Crippen LogP contribution in [0.2, 0.25) is 0 Å². The van der Waals surface area contributed by atoms with E-state index in [1.54, 1.807) is 16.7 Å². The number of phenolic OH excluding ortho intramolecular Hbond substituents is 1. The summed E-state index contributed by atoms with van der Waals surface area (Å²) in [5.74, 6) is 0.308. The van der Waals surface area contributed by atoms with E-state index in [0.717, 1.165) is 31.9 Å². The van der Waals surface area contributed by atoms with Crippen molar-refractivity contribution in [3.8, 4) is 5.75 Å². The SMILES string of the molecule is O=c1n(CN2CCN(c3ccccc3O)CC2)nc2ccccn12. The Balaban J connectivity index is 1.45. The minimum absolute atomic E-state index is 0.117. The van der Waals surface area contributed by atoms with E-state index in [-0.39, 0.29) is 5.69 Å². The summed E-state index contributed by atoms with van der Waals surface area (Å²) in [5.41, 5.74) is 1.41. The second-order valence-electron chi connectivity index (χ2n) is 5.95. The molecule has 0 saturated carbocycles. The third-order valence-corrected chi connectivity index (χ3v) is 4.42. The molecule has 0 amide bonds. The lowest BCUT2D eigenvalue weighted by Gasteiger charge is -2.35. The molecule has 3 heterocycles. The number of piperazine rings is 1. The van der Waals surface area contributed by atoms with Crippen LogP contribution in [-0.4, -0.2) is 50.4 Å². The number of aromatic hydroxyl groups is 1. The molecule has 1 aliphatic rings. The molecule has 0 radical (unpaired) electrons. The Morgan fingerprint density at radius 3 is 2.50 bits per heavy atom. The summed E-state index contributed by atoms with van der Waals surface area (Å²) < 4.78 is 3.06. The molecule has 1 aromatic carbocycles. The highest BCUT2D eigenvalue weighted by Gasteiger charge is 2.20. The summed E-state index contributed by atoms with van der Waals surface area (Å²) in [5, 5.41) is 14.3. The van der Waals surface area contributed by atoms with Gasteiger partial charge in [-0.05, 0) is 24.3 Å². The van der Waals surface area contributed by atoms with Crippen molar-refractivity contribution >= 4 is 11.3 Å². The van der Waals surface area contributed by atoms with Gasteiger partial charge in [0.25, 0.3) is 0 Å². The van der Waals surface area contributed by atoms with Gasteiger partial charge in [0.05, 0.1) is 12.4 Å². The monoisotopic (exact) mass is 325 g/mol.